The van der Waals surface area contributed by atoms with Crippen molar-refractivity contribution in [2.45, 2.75) is 44.0 Å². The van der Waals surface area contributed by atoms with Crippen LogP contribution < -0.4 is 14.9 Å². The molecule has 2 aromatic carbocycles. The number of nitrogens with zero attached hydrogens (tertiary/aromatic N) is 1. The van der Waals surface area contributed by atoms with Crippen LogP contribution in [0.1, 0.15) is 43.9 Å². The molecule has 0 aromatic heterocycles. The minimum absolute atomic E-state index is 0.00715. The van der Waals surface area contributed by atoms with E-state index in [0.717, 1.165) is 16.8 Å². The van der Waals surface area contributed by atoms with Crippen LogP contribution in [0.15, 0.2) is 53.4 Å². The third-order valence-electron chi connectivity index (χ3n) is 5.18. The third kappa shape index (κ3) is 5.06. The van der Waals surface area contributed by atoms with Crippen LogP contribution in [0.25, 0.3) is 0 Å². The highest BCUT2D eigenvalue weighted by Crippen LogP contribution is 2.30. The molecule has 2 N–H and O–H groups in total. The molecule has 0 radical (unpaired) electrons. The van der Waals surface area contributed by atoms with Crippen molar-refractivity contribution in [3.63, 3.8) is 0 Å². The molecular weight excluding hydrogens is 402 g/mol. The van der Waals surface area contributed by atoms with Crippen LogP contribution in [0.3, 0.4) is 0 Å². The average molecular weight is 430 g/mol. The highest BCUT2D eigenvalue weighted by molar-refractivity contribution is 7.89. The molecule has 0 unspecified atom stereocenters. The first-order valence-electron chi connectivity index (χ1n) is 10.1. The van der Waals surface area contributed by atoms with Gasteiger partial charge >= 0.3 is 0 Å². The molecule has 8 heteroatoms. The Labute approximate surface area is 177 Å². The van der Waals surface area contributed by atoms with Crippen molar-refractivity contribution in [2.75, 3.05) is 18.0 Å². The summed E-state index contributed by atoms with van der Waals surface area (Å²) in [5.41, 5.74) is 2.60. The Balaban J connectivity index is 1.56. The van der Waals surface area contributed by atoms with Crippen molar-refractivity contribution in [3.05, 3.63) is 59.7 Å². The third-order valence-corrected chi connectivity index (χ3v) is 6.64. The molecule has 1 aliphatic rings. The van der Waals surface area contributed by atoms with E-state index in [-0.39, 0.29) is 35.7 Å². The molecule has 0 fully saturated rings. The maximum Gasteiger partial charge on any atom is 0.240 e. The Morgan fingerprint density at radius 1 is 1.13 bits per heavy atom. The Morgan fingerprint density at radius 2 is 1.87 bits per heavy atom. The first-order chi connectivity index (χ1) is 14.3. The molecule has 0 aliphatic carbocycles. The summed E-state index contributed by atoms with van der Waals surface area (Å²) in [7, 11) is -3.73. The van der Waals surface area contributed by atoms with E-state index >= 15 is 0 Å². The predicted octanol–water partition coefficient (Wildman–Crippen LogP) is 2.53. The summed E-state index contributed by atoms with van der Waals surface area (Å²) in [6, 6.07) is 14.2. The molecule has 0 bridgehead atoms. The smallest absolute Gasteiger partial charge is 0.240 e. The van der Waals surface area contributed by atoms with E-state index in [9.17, 15) is 18.0 Å². The molecule has 3 rings (SSSR count). The second-order valence-electron chi connectivity index (χ2n) is 7.29. The number of rotatable bonds is 8. The highest BCUT2D eigenvalue weighted by Gasteiger charge is 2.25. The van der Waals surface area contributed by atoms with Crippen LogP contribution in [0, 0.1) is 0 Å². The van der Waals surface area contributed by atoms with Gasteiger partial charge in [0.2, 0.25) is 21.8 Å². The highest BCUT2D eigenvalue weighted by atomic mass is 32.2. The molecule has 7 nitrogen and oxygen atoms in total. The molecule has 2 aromatic rings. The van der Waals surface area contributed by atoms with E-state index in [2.05, 4.69) is 10.0 Å². The van der Waals surface area contributed by atoms with Gasteiger partial charge in [0, 0.05) is 31.6 Å². The summed E-state index contributed by atoms with van der Waals surface area (Å²) in [6.45, 7) is 4.26. The van der Waals surface area contributed by atoms with E-state index < -0.39 is 10.0 Å². The van der Waals surface area contributed by atoms with Crippen molar-refractivity contribution in [1.82, 2.24) is 10.0 Å². The fraction of sp³-hybridized carbons (Fsp3) is 0.364. The normalized spacial score (nSPS) is 14.3. The quantitative estimate of drug-likeness (QED) is 0.674. The molecule has 0 saturated heterocycles. The second-order valence-corrected chi connectivity index (χ2v) is 9.05. The number of carbonyl (C=O) groups is 2. The molecule has 0 spiro atoms. The summed E-state index contributed by atoms with van der Waals surface area (Å²) in [4.78, 5) is 26.0. The fourth-order valence-corrected chi connectivity index (χ4v) is 4.60. The van der Waals surface area contributed by atoms with Crippen LogP contribution >= 0.6 is 0 Å². The van der Waals surface area contributed by atoms with Gasteiger partial charge in [-0.3, -0.25) is 9.59 Å². The van der Waals surface area contributed by atoms with Gasteiger partial charge in [0.1, 0.15) is 0 Å². The first kappa shape index (κ1) is 22.0. The summed E-state index contributed by atoms with van der Waals surface area (Å²) < 4.78 is 27.7. The van der Waals surface area contributed by atoms with Crippen LogP contribution in [0.4, 0.5) is 5.69 Å². The van der Waals surface area contributed by atoms with Crippen molar-refractivity contribution < 1.29 is 18.0 Å². The zero-order chi connectivity index (χ0) is 21.7. The van der Waals surface area contributed by atoms with Gasteiger partial charge in [0.15, 0.2) is 0 Å². The van der Waals surface area contributed by atoms with Crippen LogP contribution in [0.5, 0.6) is 0 Å². The molecule has 30 heavy (non-hydrogen) atoms. The summed E-state index contributed by atoms with van der Waals surface area (Å²) in [5.74, 6) is -0.199. The number of nitrogens with one attached hydrogen (secondary N) is 2. The average Bonchev–Trinajstić information content (AvgIpc) is 3.17. The van der Waals surface area contributed by atoms with E-state index in [1.165, 1.54) is 6.07 Å². The predicted molar refractivity (Wildman–Crippen MR) is 116 cm³/mol. The zero-order valence-electron chi connectivity index (χ0n) is 17.2. The Kier molecular flexibility index (Phi) is 6.89. The van der Waals surface area contributed by atoms with Gasteiger partial charge in [-0.05, 0) is 42.7 Å². The largest absolute Gasteiger partial charge is 0.350 e. The van der Waals surface area contributed by atoms with E-state index in [1.807, 2.05) is 37.3 Å². The maximum absolute atomic E-state index is 12.6. The van der Waals surface area contributed by atoms with Gasteiger partial charge < -0.3 is 10.2 Å². The number of carbonyl (C=O) groups excluding carboxylic acids is 2. The summed E-state index contributed by atoms with van der Waals surface area (Å²) in [5, 5.41) is 2.87. The van der Waals surface area contributed by atoms with Gasteiger partial charge in [-0.25, -0.2) is 13.1 Å². The van der Waals surface area contributed by atoms with Gasteiger partial charge in [0.25, 0.3) is 0 Å². The van der Waals surface area contributed by atoms with E-state index in [4.69, 9.17) is 0 Å². The van der Waals surface area contributed by atoms with Crippen LogP contribution in [0.2, 0.25) is 0 Å². The van der Waals surface area contributed by atoms with Gasteiger partial charge in [0.05, 0.1) is 10.9 Å². The lowest BCUT2D eigenvalue weighted by atomic mass is 10.1. The number of benzene rings is 2. The number of sulfonamides is 1. The SMILES string of the molecule is CCC(=O)N1CCc2cc(S(=O)(=O)NCCC(=O)N[C@@H](C)c3ccccc3)ccc21. The van der Waals surface area contributed by atoms with Crippen LogP contribution in [-0.2, 0) is 26.0 Å². The number of amides is 2. The lowest BCUT2D eigenvalue weighted by Gasteiger charge is -2.16. The molecule has 1 aliphatic heterocycles. The van der Waals surface area contributed by atoms with Gasteiger partial charge in [-0.2, -0.15) is 0 Å². The topological polar surface area (TPSA) is 95.6 Å². The molecule has 2 amide bonds. The number of hydrogen-bond donors (Lipinski definition) is 2. The Morgan fingerprint density at radius 3 is 2.57 bits per heavy atom. The number of anilines is 1. The van der Waals surface area contributed by atoms with Crippen molar-refractivity contribution >= 4 is 27.5 Å². The molecule has 1 atom stereocenters. The van der Waals surface area contributed by atoms with Crippen molar-refractivity contribution in [2.24, 2.45) is 0 Å². The lowest BCUT2D eigenvalue weighted by Crippen LogP contribution is -2.32. The summed E-state index contributed by atoms with van der Waals surface area (Å²) >= 11 is 0. The van der Waals surface area contributed by atoms with Gasteiger partial charge in [-0.1, -0.05) is 37.3 Å². The molecular formula is C22H27N3O4S. The monoisotopic (exact) mass is 429 g/mol. The van der Waals surface area contributed by atoms with Crippen molar-refractivity contribution in [3.8, 4) is 0 Å². The molecule has 160 valence electrons. The number of fused-ring (bicyclic) bond motifs is 1. The molecule has 0 saturated carbocycles. The van der Waals surface area contributed by atoms with E-state index in [0.29, 0.717) is 19.4 Å². The first-order valence-corrected chi connectivity index (χ1v) is 11.6. The van der Waals surface area contributed by atoms with Gasteiger partial charge in [-0.15, -0.1) is 0 Å². The minimum Gasteiger partial charge on any atom is -0.350 e. The summed E-state index contributed by atoms with van der Waals surface area (Å²) in [6.07, 6.45) is 1.08. The molecule has 1 heterocycles. The zero-order valence-corrected chi connectivity index (χ0v) is 18.0. The number of hydrogen-bond acceptors (Lipinski definition) is 4. The minimum atomic E-state index is -3.73. The lowest BCUT2D eigenvalue weighted by molar-refractivity contribution is -0.121. The standard InChI is InChI=1S/C22H27N3O4S/c1-3-22(27)25-14-12-18-15-19(9-10-20(18)25)30(28,29)23-13-11-21(26)24-16(2)17-7-5-4-6-8-17/h4-10,15-16,23H,3,11-14H2,1-2H3,(H,24,26)/t16-/m0/s1. The maximum atomic E-state index is 12.6. The van der Waals surface area contributed by atoms with Crippen molar-refractivity contribution in [1.29, 1.82) is 0 Å². The Hall–Kier alpha value is -2.71. The Bertz CT molecular complexity index is 1020. The fourth-order valence-electron chi connectivity index (χ4n) is 3.52. The van der Waals surface area contributed by atoms with E-state index in [1.54, 1.807) is 24.0 Å². The van der Waals surface area contributed by atoms with Crippen LogP contribution in [-0.4, -0.2) is 33.3 Å². The second kappa shape index (κ2) is 9.40.